The average molecular weight is 275 g/mol. The lowest BCUT2D eigenvalue weighted by molar-refractivity contribution is 0.888. The molecule has 0 atom stereocenters. The van der Waals surface area contributed by atoms with Crippen LogP contribution in [0.5, 0.6) is 0 Å². The first-order valence-corrected chi connectivity index (χ1v) is 5.76. The SMILES string of the molecule is Cc1c(C#N)c(Br)c(-c2ccccc2)n1C. The first kappa shape index (κ1) is 11.0. The molecule has 0 N–H and O–H groups in total. The van der Waals surface area contributed by atoms with Crippen LogP contribution in [0.3, 0.4) is 0 Å². The molecule has 3 heteroatoms. The van der Waals surface area contributed by atoms with Crippen LogP contribution in [0.25, 0.3) is 11.3 Å². The molecule has 0 aliphatic rings. The van der Waals surface area contributed by atoms with Crippen molar-refractivity contribution in [3.63, 3.8) is 0 Å². The van der Waals surface area contributed by atoms with Crippen molar-refractivity contribution in [3.05, 3.63) is 46.1 Å². The van der Waals surface area contributed by atoms with E-state index in [1.807, 2.05) is 48.9 Å². The monoisotopic (exact) mass is 274 g/mol. The highest BCUT2D eigenvalue weighted by atomic mass is 79.9. The van der Waals surface area contributed by atoms with Gasteiger partial charge in [0.05, 0.1) is 15.7 Å². The Kier molecular flexibility index (Phi) is 2.84. The molecule has 0 radical (unpaired) electrons. The number of benzene rings is 1. The highest BCUT2D eigenvalue weighted by Gasteiger charge is 2.16. The number of hydrogen-bond acceptors (Lipinski definition) is 1. The van der Waals surface area contributed by atoms with Crippen LogP contribution in [-0.4, -0.2) is 4.57 Å². The minimum Gasteiger partial charge on any atom is -0.346 e. The predicted molar refractivity (Wildman–Crippen MR) is 68.0 cm³/mol. The van der Waals surface area contributed by atoms with Crippen LogP contribution in [0.2, 0.25) is 0 Å². The van der Waals surface area contributed by atoms with Crippen molar-refractivity contribution in [2.45, 2.75) is 6.92 Å². The first-order valence-electron chi connectivity index (χ1n) is 4.97. The summed E-state index contributed by atoms with van der Waals surface area (Å²) in [4.78, 5) is 0. The molecule has 1 aromatic carbocycles. The molecule has 0 bridgehead atoms. The van der Waals surface area contributed by atoms with Gasteiger partial charge in [-0.25, -0.2) is 0 Å². The van der Waals surface area contributed by atoms with Crippen LogP contribution in [-0.2, 0) is 7.05 Å². The Balaban J connectivity index is 2.73. The zero-order valence-electron chi connectivity index (χ0n) is 9.16. The lowest BCUT2D eigenvalue weighted by Crippen LogP contribution is -1.94. The second-order valence-electron chi connectivity index (χ2n) is 3.66. The number of rotatable bonds is 1. The van der Waals surface area contributed by atoms with Gasteiger partial charge < -0.3 is 4.57 Å². The van der Waals surface area contributed by atoms with Crippen molar-refractivity contribution in [1.29, 1.82) is 5.26 Å². The van der Waals surface area contributed by atoms with Gasteiger partial charge in [0.1, 0.15) is 6.07 Å². The molecule has 16 heavy (non-hydrogen) atoms. The van der Waals surface area contributed by atoms with E-state index in [1.54, 1.807) is 0 Å². The van der Waals surface area contributed by atoms with Crippen molar-refractivity contribution in [3.8, 4) is 17.3 Å². The van der Waals surface area contributed by atoms with Crippen LogP contribution in [0.4, 0.5) is 0 Å². The van der Waals surface area contributed by atoms with E-state index < -0.39 is 0 Å². The van der Waals surface area contributed by atoms with Gasteiger partial charge >= 0.3 is 0 Å². The third-order valence-corrected chi connectivity index (χ3v) is 3.56. The molecule has 0 aliphatic carbocycles. The van der Waals surface area contributed by atoms with Crippen molar-refractivity contribution in [2.75, 3.05) is 0 Å². The smallest absolute Gasteiger partial charge is 0.102 e. The Morgan fingerprint density at radius 3 is 2.38 bits per heavy atom. The minimum absolute atomic E-state index is 0.710. The van der Waals surface area contributed by atoms with E-state index in [2.05, 4.69) is 22.0 Å². The highest BCUT2D eigenvalue weighted by molar-refractivity contribution is 9.10. The summed E-state index contributed by atoms with van der Waals surface area (Å²) in [5, 5.41) is 9.09. The average Bonchev–Trinajstić information content (AvgIpc) is 2.51. The number of aromatic nitrogens is 1. The summed E-state index contributed by atoms with van der Waals surface area (Å²) in [5.74, 6) is 0. The highest BCUT2D eigenvalue weighted by Crippen LogP contribution is 2.34. The number of hydrogen-bond donors (Lipinski definition) is 0. The first-order chi connectivity index (χ1) is 7.66. The summed E-state index contributed by atoms with van der Waals surface area (Å²) >= 11 is 3.51. The molecular weight excluding hydrogens is 264 g/mol. The van der Waals surface area contributed by atoms with E-state index in [4.69, 9.17) is 5.26 Å². The molecule has 0 unspecified atom stereocenters. The van der Waals surface area contributed by atoms with Crippen LogP contribution in [0.15, 0.2) is 34.8 Å². The summed E-state index contributed by atoms with van der Waals surface area (Å²) < 4.78 is 2.92. The Bertz CT molecular complexity index is 562. The fourth-order valence-corrected chi connectivity index (χ4v) is 2.68. The van der Waals surface area contributed by atoms with E-state index >= 15 is 0 Å². The molecule has 0 aliphatic heterocycles. The summed E-state index contributed by atoms with van der Waals surface area (Å²) in [6.07, 6.45) is 0. The Morgan fingerprint density at radius 2 is 1.88 bits per heavy atom. The van der Waals surface area contributed by atoms with Crippen molar-refractivity contribution in [1.82, 2.24) is 4.57 Å². The normalized spacial score (nSPS) is 10.1. The summed E-state index contributed by atoms with van der Waals surface area (Å²) in [7, 11) is 1.98. The van der Waals surface area contributed by atoms with Crippen molar-refractivity contribution < 1.29 is 0 Å². The summed E-state index contributed by atoms with van der Waals surface area (Å²) in [6.45, 7) is 1.95. The summed E-state index contributed by atoms with van der Waals surface area (Å²) in [6, 6.07) is 12.3. The van der Waals surface area contributed by atoms with Gasteiger partial charge in [-0.1, -0.05) is 30.3 Å². The van der Waals surface area contributed by atoms with E-state index in [1.165, 1.54) is 0 Å². The molecule has 80 valence electrons. The molecule has 1 aromatic heterocycles. The maximum Gasteiger partial charge on any atom is 0.102 e. The Morgan fingerprint density at radius 1 is 1.25 bits per heavy atom. The van der Waals surface area contributed by atoms with Gasteiger partial charge in [-0.2, -0.15) is 5.26 Å². The van der Waals surface area contributed by atoms with Crippen LogP contribution >= 0.6 is 15.9 Å². The summed E-state index contributed by atoms with van der Waals surface area (Å²) in [5.41, 5.74) is 3.85. The quantitative estimate of drug-likeness (QED) is 0.781. The molecule has 2 rings (SSSR count). The molecule has 0 amide bonds. The van der Waals surface area contributed by atoms with Gasteiger partial charge in [-0.05, 0) is 28.4 Å². The molecule has 0 fully saturated rings. The second-order valence-corrected chi connectivity index (χ2v) is 4.45. The number of halogens is 1. The van der Waals surface area contributed by atoms with Gasteiger partial charge in [0.15, 0.2) is 0 Å². The number of nitrogens with zero attached hydrogens (tertiary/aromatic N) is 2. The maximum absolute atomic E-state index is 9.09. The minimum atomic E-state index is 0.710. The Labute approximate surface area is 103 Å². The van der Waals surface area contributed by atoms with Crippen LogP contribution < -0.4 is 0 Å². The molecule has 2 nitrogen and oxygen atoms in total. The van der Waals surface area contributed by atoms with Gasteiger partial charge in [0.2, 0.25) is 0 Å². The predicted octanol–water partition coefficient (Wildman–Crippen LogP) is 3.63. The van der Waals surface area contributed by atoms with Crippen LogP contribution in [0, 0.1) is 18.3 Å². The Hall–Kier alpha value is -1.53. The van der Waals surface area contributed by atoms with Gasteiger partial charge in [0, 0.05) is 12.7 Å². The molecular formula is C13H11BrN2. The fourth-order valence-electron chi connectivity index (χ4n) is 1.81. The van der Waals surface area contributed by atoms with Crippen LogP contribution in [0.1, 0.15) is 11.3 Å². The molecule has 1 heterocycles. The maximum atomic E-state index is 9.09. The van der Waals surface area contributed by atoms with Gasteiger partial charge in [-0.3, -0.25) is 0 Å². The van der Waals surface area contributed by atoms with Crippen molar-refractivity contribution in [2.24, 2.45) is 7.05 Å². The standard InChI is InChI=1S/C13H11BrN2/c1-9-11(8-15)12(14)13(16(9)2)10-6-4-3-5-7-10/h3-7H,1-2H3. The molecule has 2 aromatic rings. The lowest BCUT2D eigenvalue weighted by Gasteiger charge is -2.05. The second kappa shape index (κ2) is 4.15. The fraction of sp³-hybridized carbons (Fsp3) is 0.154. The van der Waals surface area contributed by atoms with E-state index in [-0.39, 0.29) is 0 Å². The zero-order chi connectivity index (χ0) is 11.7. The van der Waals surface area contributed by atoms with Gasteiger partial charge in [-0.15, -0.1) is 0 Å². The van der Waals surface area contributed by atoms with E-state index in [0.717, 1.165) is 21.4 Å². The van der Waals surface area contributed by atoms with E-state index in [9.17, 15) is 0 Å². The largest absolute Gasteiger partial charge is 0.346 e. The molecule has 0 saturated carbocycles. The topological polar surface area (TPSA) is 28.7 Å². The third-order valence-electron chi connectivity index (χ3n) is 2.79. The molecule has 0 saturated heterocycles. The van der Waals surface area contributed by atoms with E-state index in [0.29, 0.717) is 5.56 Å². The zero-order valence-corrected chi connectivity index (χ0v) is 10.7. The van der Waals surface area contributed by atoms with Crippen molar-refractivity contribution >= 4 is 15.9 Å². The van der Waals surface area contributed by atoms with Gasteiger partial charge in [0.25, 0.3) is 0 Å². The third kappa shape index (κ3) is 1.56. The number of nitriles is 1. The molecule has 0 spiro atoms. The lowest BCUT2D eigenvalue weighted by atomic mass is 10.1.